The molecule has 2 aromatic heterocycles. The summed E-state index contributed by atoms with van der Waals surface area (Å²) in [6.45, 7) is 1.41. The van der Waals surface area contributed by atoms with Crippen molar-refractivity contribution in [3.63, 3.8) is 0 Å². The second kappa shape index (κ2) is 7.72. The highest BCUT2D eigenvalue weighted by molar-refractivity contribution is 9.10. The summed E-state index contributed by atoms with van der Waals surface area (Å²) in [5.41, 5.74) is 2.67. The smallest absolute Gasteiger partial charge is 0.308 e. The topological polar surface area (TPSA) is 55.6 Å². The molecule has 0 amide bonds. The number of nitrogens with zero attached hydrogens (tertiary/aromatic N) is 2. The quantitative estimate of drug-likeness (QED) is 0.445. The van der Waals surface area contributed by atoms with Crippen LogP contribution in [-0.4, -0.2) is 21.4 Å². The summed E-state index contributed by atoms with van der Waals surface area (Å²) in [5.74, 6) is 1.19. The standard InChI is InChI=1S/C21H22BrN3O2/c1-14(26)27-18-9-5-6-15(12-18)20-21(23-17-7-3-2-4-8-17)25-13-16(22)10-11-19(25)24-20/h5-6,9-13,17,23H,2-4,7-8H2,1H3. The summed E-state index contributed by atoms with van der Waals surface area (Å²) < 4.78 is 8.35. The van der Waals surface area contributed by atoms with Crippen LogP contribution in [0.1, 0.15) is 39.0 Å². The van der Waals surface area contributed by atoms with Crippen molar-refractivity contribution in [2.45, 2.75) is 45.1 Å². The summed E-state index contributed by atoms with van der Waals surface area (Å²) in [6.07, 6.45) is 8.22. The molecule has 1 N–H and O–H groups in total. The third kappa shape index (κ3) is 4.00. The van der Waals surface area contributed by atoms with Gasteiger partial charge in [0, 0.05) is 29.2 Å². The van der Waals surface area contributed by atoms with E-state index in [4.69, 9.17) is 9.72 Å². The van der Waals surface area contributed by atoms with Crippen molar-refractivity contribution < 1.29 is 9.53 Å². The molecule has 1 aliphatic rings. The largest absolute Gasteiger partial charge is 0.427 e. The Labute approximate surface area is 166 Å². The molecular formula is C21H22BrN3O2. The van der Waals surface area contributed by atoms with Gasteiger partial charge >= 0.3 is 5.97 Å². The molecule has 0 bridgehead atoms. The van der Waals surface area contributed by atoms with Gasteiger partial charge in [0.05, 0.1) is 0 Å². The monoisotopic (exact) mass is 427 g/mol. The van der Waals surface area contributed by atoms with Gasteiger partial charge in [0.1, 0.15) is 22.9 Å². The summed E-state index contributed by atoms with van der Waals surface area (Å²) in [4.78, 5) is 16.2. The van der Waals surface area contributed by atoms with Crippen LogP contribution >= 0.6 is 15.9 Å². The number of imidazole rings is 1. The average Bonchev–Trinajstić information content (AvgIpc) is 3.00. The molecule has 4 rings (SSSR count). The van der Waals surface area contributed by atoms with E-state index in [1.807, 2.05) is 36.5 Å². The molecule has 0 saturated heterocycles. The number of nitrogens with one attached hydrogen (secondary N) is 1. The van der Waals surface area contributed by atoms with Crippen LogP contribution in [0.3, 0.4) is 0 Å². The van der Waals surface area contributed by atoms with Gasteiger partial charge in [0.15, 0.2) is 0 Å². The van der Waals surface area contributed by atoms with Crippen LogP contribution in [0.4, 0.5) is 5.82 Å². The minimum absolute atomic E-state index is 0.327. The molecule has 1 aliphatic carbocycles. The third-order valence-corrected chi connectivity index (χ3v) is 5.37. The van der Waals surface area contributed by atoms with Gasteiger partial charge in [-0.25, -0.2) is 4.98 Å². The normalized spacial score (nSPS) is 15.0. The predicted octanol–water partition coefficient (Wildman–Crippen LogP) is 5.43. The maximum Gasteiger partial charge on any atom is 0.308 e. The van der Waals surface area contributed by atoms with E-state index >= 15 is 0 Å². The number of carbonyl (C=O) groups excluding carboxylic acids is 1. The molecule has 0 radical (unpaired) electrons. The fourth-order valence-corrected chi connectivity index (χ4v) is 4.01. The first-order valence-electron chi connectivity index (χ1n) is 9.33. The van der Waals surface area contributed by atoms with Gasteiger partial charge < -0.3 is 10.1 Å². The minimum Gasteiger partial charge on any atom is -0.427 e. The van der Waals surface area contributed by atoms with Crippen molar-refractivity contribution in [3.8, 4) is 17.0 Å². The van der Waals surface area contributed by atoms with E-state index in [2.05, 4.69) is 25.6 Å². The molecule has 0 atom stereocenters. The van der Waals surface area contributed by atoms with Gasteiger partial charge in [0.2, 0.25) is 0 Å². The molecule has 0 unspecified atom stereocenters. The van der Waals surface area contributed by atoms with E-state index in [0.29, 0.717) is 11.8 Å². The Hall–Kier alpha value is -2.34. The lowest BCUT2D eigenvalue weighted by Gasteiger charge is -2.24. The molecular weight excluding hydrogens is 406 g/mol. The number of rotatable bonds is 4. The molecule has 3 aromatic rings. The molecule has 27 heavy (non-hydrogen) atoms. The van der Waals surface area contributed by atoms with Crippen LogP contribution in [0.5, 0.6) is 5.75 Å². The first-order chi connectivity index (χ1) is 13.1. The number of anilines is 1. The zero-order chi connectivity index (χ0) is 18.8. The molecule has 6 heteroatoms. The first kappa shape index (κ1) is 18.0. The van der Waals surface area contributed by atoms with E-state index in [-0.39, 0.29) is 5.97 Å². The summed E-state index contributed by atoms with van der Waals surface area (Å²) in [5, 5.41) is 3.73. The van der Waals surface area contributed by atoms with Crippen LogP contribution in [0.25, 0.3) is 16.9 Å². The molecule has 5 nitrogen and oxygen atoms in total. The molecule has 0 spiro atoms. The minimum atomic E-state index is -0.327. The Morgan fingerprint density at radius 3 is 2.81 bits per heavy atom. The maximum absolute atomic E-state index is 11.3. The lowest BCUT2D eigenvalue weighted by molar-refractivity contribution is -0.131. The van der Waals surface area contributed by atoms with E-state index in [1.54, 1.807) is 6.07 Å². The number of carbonyl (C=O) groups is 1. The van der Waals surface area contributed by atoms with Gasteiger partial charge in [-0.1, -0.05) is 31.4 Å². The fourth-order valence-electron chi connectivity index (χ4n) is 3.67. The summed E-state index contributed by atoms with van der Waals surface area (Å²) in [7, 11) is 0. The van der Waals surface area contributed by atoms with Crippen LogP contribution in [0.2, 0.25) is 0 Å². The summed E-state index contributed by atoms with van der Waals surface area (Å²) in [6, 6.07) is 12.0. The maximum atomic E-state index is 11.3. The Bertz CT molecular complexity index is 977. The molecule has 2 heterocycles. The van der Waals surface area contributed by atoms with Crippen molar-refractivity contribution >= 4 is 33.4 Å². The number of benzene rings is 1. The Kier molecular flexibility index (Phi) is 5.16. The zero-order valence-corrected chi connectivity index (χ0v) is 16.8. The zero-order valence-electron chi connectivity index (χ0n) is 15.2. The van der Waals surface area contributed by atoms with Gasteiger partial charge in [-0.2, -0.15) is 0 Å². The molecule has 0 aliphatic heterocycles. The number of hydrogen-bond donors (Lipinski definition) is 1. The van der Waals surface area contributed by atoms with Crippen LogP contribution in [0.15, 0.2) is 47.1 Å². The molecule has 1 aromatic carbocycles. The van der Waals surface area contributed by atoms with E-state index in [1.165, 1.54) is 39.0 Å². The van der Waals surface area contributed by atoms with Crippen LogP contribution in [-0.2, 0) is 4.79 Å². The highest BCUT2D eigenvalue weighted by Crippen LogP contribution is 2.33. The number of ether oxygens (including phenoxy) is 1. The fraction of sp³-hybridized carbons (Fsp3) is 0.333. The van der Waals surface area contributed by atoms with Gasteiger partial charge in [0.25, 0.3) is 0 Å². The van der Waals surface area contributed by atoms with Gasteiger partial charge in [-0.05, 0) is 53.0 Å². The van der Waals surface area contributed by atoms with Crippen molar-refractivity contribution in [2.75, 3.05) is 5.32 Å². The van der Waals surface area contributed by atoms with E-state index in [0.717, 1.165) is 27.2 Å². The second-order valence-electron chi connectivity index (χ2n) is 6.99. The number of esters is 1. The van der Waals surface area contributed by atoms with Crippen molar-refractivity contribution in [2.24, 2.45) is 0 Å². The first-order valence-corrected chi connectivity index (χ1v) is 10.1. The number of aromatic nitrogens is 2. The Balaban J connectivity index is 1.79. The van der Waals surface area contributed by atoms with Crippen molar-refractivity contribution in [3.05, 3.63) is 47.1 Å². The number of pyridine rings is 1. The lowest BCUT2D eigenvalue weighted by Crippen LogP contribution is -2.23. The van der Waals surface area contributed by atoms with Crippen molar-refractivity contribution in [1.82, 2.24) is 9.38 Å². The lowest BCUT2D eigenvalue weighted by atomic mass is 9.95. The predicted molar refractivity (Wildman–Crippen MR) is 110 cm³/mol. The molecule has 1 fully saturated rings. The van der Waals surface area contributed by atoms with E-state index in [9.17, 15) is 4.79 Å². The second-order valence-corrected chi connectivity index (χ2v) is 7.90. The molecule has 1 saturated carbocycles. The average molecular weight is 428 g/mol. The number of fused-ring (bicyclic) bond motifs is 1. The van der Waals surface area contributed by atoms with Crippen LogP contribution < -0.4 is 10.1 Å². The summed E-state index contributed by atoms with van der Waals surface area (Å²) >= 11 is 3.56. The Morgan fingerprint density at radius 1 is 1.22 bits per heavy atom. The molecule has 140 valence electrons. The highest BCUT2D eigenvalue weighted by atomic mass is 79.9. The Morgan fingerprint density at radius 2 is 2.04 bits per heavy atom. The van der Waals surface area contributed by atoms with Crippen molar-refractivity contribution in [1.29, 1.82) is 0 Å². The number of halogens is 1. The third-order valence-electron chi connectivity index (χ3n) is 4.90. The number of hydrogen-bond acceptors (Lipinski definition) is 4. The SMILES string of the molecule is CC(=O)Oc1cccc(-c2nc3ccc(Br)cn3c2NC2CCCCC2)c1. The van der Waals surface area contributed by atoms with Gasteiger partial charge in [-0.15, -0.1) is 0 Å². The highest BCUT2D eigenvalue weighted by Gasteiger charge is 2.20. The van der Waals surface area contributed by atoms with Crippen LogP contribution in [0, 0.1) is 0 Å². The van der Waals surface area contributed by atoms with E-state index < -0.39 is 0 Å². The van der Waals surface area contributed by atoms with Gasteiger partial charge in [-0.3, -0.25) is 9.20 Å².